The van der Waals surface area contributed by atoms with Crippen molar-refractivity contribution in [3.8, 4) is 0 Å². The molecule has 0 radical (unpaired) electrons. The Morgan fingerprint density at radius 2 is 1.50 bits per heavy atom. The van der Waals surface area contributed by atoms with E-state index in [0.29, 0.717) is 28.9 Å². The van der Waals surface area contributed by atoms with Gasteiger partial charge in [-0.3, -0.25) is 9.59 Å². The Balaban J connectivity index is 1.92. The van der Waals surface area contributed by atoms with E-state index in [9.17, 15) is 14.4 Å². The number of benzene rings is 2. The summed E-state index contributed by atoms with van der Waals surface area (Å²) in [5, 5.41) is 0. The third kappa shape index (κ3) is 2.22. The fourth-order valence-corrected chi connectivity index (χ4v) is 2.67. The molecule has 0 spiro atoms. The van der Waals surface area contributed by atoms with E-state index in [1.807, 2.05) is 0 Å². The molecule has 4 nitrogen and oxygen atoms in total. The van der Waals surface area contributed by atoms with E-state index in [0.717, 1.165) is 0 Å². The average molecular weight is 294 g/mol. The fourth-order valence-electron chi connectivity index (χ4n) is 2.67. The Kier molecular flexibility index (Phi) is 3.59. The first-order valence-corrected chi connectivity index (χ1v) is 7.08. The number of ether oxygens (including phenoxy) is 1. The molecule has 0 saturated carbocycles. The minimum absolute atomic E-state index is 0.190. The molecular formula is C18H14O4. The van der Waals surface area contributed by atoms with Crippen LogP contribution in [0.1, 0.15) is 49.5 Å². The Bertz CT molecular complexity index is 724. The van der Waals surface area contributed by atoms with Crippen LogP contribution < -0.4 is 0 Å². The first kappa shape index (κ1) is 14.2. The van der Waals surface area contributed by atoms with Crippen molar-refractivity contribution in [2.45, 2.75) is 12.8 Å². The minimum Gasteiger partial charge on any atom is -0.462 e. The van der Waals surface area contributed by atoms with E-state index >= 15 is 0 Å². The van der Waals surface area contributed by atoms with Crippen molar-refractivity contribution >= 4 is 17.5 Å². The Hall–Kier alpha value is -2.75. The second-order valence-electron chi connectivity index (χ2n) is 5.05. The molecule has 0 bridgehead atoms. The number of hydrogen-bond acceptors (Lipinski definition) is 4. The molecule has 0 unspecified atom stereocenters. The van der Waals surface area contributed by atoms with Crippen LogP contribution >= 0.6 is 0 Å². The lowest BCUT2D eigenvalue weighted by molar-refractivity contribution is 0.0526. The largest absolute Gasteiger partial charge is 0.462 e. The lowest BCUT2D eigenvalue weighted by Crippen LogP contribution is -2.13. The summed E-state index contributed by atoms with van der Waals surface area (Å²) in [4.78, 5) is 36.5. The zero-order valence-corrected chi connectivity index (χ0v) is 12.0. The maximum Gasteiger partial charge on any atom is 0.338 e. The van der Waals surface area contributed by atoms with Crippen LogP contribution in [0.3, 0.4) is 0 Å². The first-order valence-electron chi connectivity index (χ1n) is 7.08. The summed E-state index contributed by atoms with van der Waals surface area (Å²) < 4.78 is 4.91. The van der Waals surface area contributed by atoms with Crippen LogP contribution in [0.5, 0.6) is 0 Å². The second-order valence-corrected chi connectivity index (χ2v) is 5.05. The van der Waals surface area contributed by atoms with Crippen LogP contribution in [0.15, 0.2) is 48.5 Å². The van der Waals surface area contributed by atoms with Crippen LogP contribution in [0, 0.1) is 0 Å². The molecule has 0 fully saturated rings. The Labute approximate surface area is 127 Å². The third-order valence-corrected chi connectivity index (χ3v) is 3.74. The number of Topliss-reactive ketones (excluding diaryl/α,β-unsaturated/α-hetero) is 2. The summed E-state index contributed by atoms with van der Waals surface area (Å²) in [6.45, 7) is 2.04. The highest BCUT2D eigenvalue weighted by Crippen LogP contribution is 2.33. The lowest BCUT2D eigenvalue weighted by atomic mass is 9.93. The maximum atomic E-state index is 12.4. The Morgan fingerprint density at radius 1 is 0.955 bits per heavy atom. The topological polar surface area (TPSA) is 60.4 Å². The Morgan fingerprint density at radius 3 is 2.00 bits per heavy atom. The highest BCUT2D eigenvalue weighted by molar-refractivity contribution is 6.29. The number of hydrogen-bond donors (Lipinski definition) is 0. The molecule has 22 heavy (non-hydrogen) atoms. The van der Waals surface area contributed by atoms with E-state index in [-0.39, 0.29) is 11.6 Å². The predicted octanol–water partition coefficient (Wildman–Crippen LogP) is 3.03. The molecule has 0 heterocycles. The molecule has 2 aromatic rings. The van der Waals surface area contributed by atoms with Gasteiger partial charge in [0.25, 0.3) is 0 Å². The van der Waals surface area contributed by atoms with E-state index in [1.54, 1.807) is 55.5 Å². The molecule has 0 saturated heterocycles. The number of fused-ring (bicyclic) bond motifs is 1. The van der Waals surface area contributed by atoms with Crippen LogP contribution in [-0.4, -0.2) is 24.1 Å². The summed E-state index contributed by atoms with van der Waals surface area (Å²) in [6.07, 6.45) is 0. The van der Waals surface area contributed by atoms with Gasteiger partial charge in [-0.2, -0.15) is 0 Å². The minimum atomic E-state index is -0.811. The van der Waals surface area contributed by atoms with Gasteiger partial charge in [0.05, 0.1) is 12.2 Å². The van der Waals surface area contributed by atoms with Crippen molar-refractivity contribution < 1.29 is 19.1 Å². The third-order valence-electron chi connectivity index (χ3n) is 3.74. The normalized spacial score (nSPS) is 14.0. The maximum absolute atomic E-state index is 12.4. The van der Waals surface area contributed by atoms with Crippen LogP contribution in [0.2, 0.25) is 0 Å². The van der Waals surface area contributed by atoms with Gasteiger partial charge >= 0.3 is 5.97 Å². The van der Waals surface area contributed by atoms with E-state index in [2.05, 4.69) is 0 Å². The summed E-state index contributed by atoms with van der Waals surface area (Å²) in [6, 6.07) is 13.3. The van der Waals surface area contributed by atoms with Crippen molar-refractivity contribution in [1.29, 1.82) is 0 Å². The molecule has 110 valence electrons. The number of rotatable bonds is 3. The van der Waals surface area contributed by atoms with Gasteiger partial charge < -0.3 is 4.74 Å². The number of ketones is 2. The molecule has 3 rings (SSSR count). The smallest absolute Gasteiger partial charge is 0.338 e. The van der Waals surface area contributed by atoms with Crippen molar-refractivity contribution in [2.75, 3.05) is 6.61 Å². The van der Waals surface area contributed by atoms with Gasteiger partial charge in [-0.1, -0.05) is 36.4 Å². The average Bonchev–Trinajstić information content (AvgIpc) is 2.80. The zero-order valence-electron chi connectivity index (χ0n) is 12.0. The zero-order chi connectivity index (χ0) is 15.7. The van der Waals surface area contributed by atoms with Gasteiger partial charge in [0.15, 0.2) is 11.6 Å². The number of carbonyl (C=O) groups is 3. The molecule has 0 amide bonds. The standard InChI is InChI=1S/C18H14O4/c1-2-22-18(21)12-9-7-11(8-10-12)15-16(19)13-5-3-4-6-14(13)17(15)20/h3-10,15H,2H2,1H3. The van der Waals surface area contributed by atoms with Crippen LogP contribution in [0.25, 0.3) is 0 Å². The van der Waals surface area contributed by atoms with Gasteiger partial charge in [0, 0.05) is 11.1 Å². The summed E-state index contributed by atoms with van der Waals surface area (Å²) in [5.74, 6) is -1.61. The summed E-state index contributed by atoms with van der Waals surface area (Å²) in [7, 11) is 0. The summed E-state index contributed by atoms with van der Waals surface area (Å²) >= 11 is 0. The quantitative estimate of drug-likeness (QED) is 0.645. The van der Waals surface area contributed by atoms with Gasteiger partial charge in [0.2, 0.25) is 0 Å². The number of carbonyl (C=O) groups excluding carboxylic acids is 3. The van der Waals surface area contributed by atoms with Crippen LogP contribution in [0.4, 0.5) is 0 Å². The van der Waals surface area contributed by atoms with Crippen molar-refractivity contribution in [3.05, 3.63) is 70.8 Å². The summed E-state index contributed by atoms with van der Waals surface area (Å²) in [5.41, 5.74) is 1.93. The van der Waals surface area contributed by atoms with Gasteiger partial charge in [-0.05, 0) is 24.6 Å². The monoisotopic (exact) mass is 294 g/mol. The molecule has 4 heteroatoms. The molecule has 0 aromatic heterocycles. The molecule has 2 aromatic carbocycles. The molecule has 1 aliphatic carbocycles. The van der Waals surface area contributed by atoms with Crippen molar-refractivity contribution in [3.63, 3.8) is 0 Å². The second kappa shape index (κ2) is 5.56. The number of esters is 1. The fraction of sp³-hybridized carbons (Fsp3) is 0.167. The van der Waals surface area contributed by atoms with Crippen molar-refractivity contribution in [1.82, 2.24) is 0 Å². The van der Waals surface area contributed by atoms with E-state index < -0.39 is 11.9 Å². The highest BCUT2D eigenvalue weighted by Gasteiger charge is 2.39. The first-order chi connectivity index (χ1) is 10.6. The van der Waals surface area contributed by atoms with E-state index in [1.165, 1.54) is 0 Å². The molecular weight excluding hydrogens is 280 g/mol. The SMILES string of the molecule is CCOC(=O)c1ccc(C2C(=O)c3ccccc3C2=O)cc1. The van der Waals surface area contributed by atoms with Crippen molar-refractivity contribution in [2.24, 2.45) is 0 Å². The molecule has 0 aliphatic heterocycles. The van der Waals surface area contributed by atoms with Crippen LogP contribution in [-0.2, 0) is 4.74 Å². The molecule has 1 aliphatic rings. The molecule has 0 N–H and O–H groups in total. The van der Waals surface area contributed by atoms with Gasteiger partial charge in [-0.15, -0.1) is 0 Å². The lowest BCUT2D eigenvalue weighted by Gasteiger charge is -2.08. The predicted molar refractivity (Wildman–Crippen MR) is 80.2 cm³/mol. The van der Waals surface area contributed by atoms with Gasteiger partial charge in [-0.25, -0.2) is 4.79 Å². The highest BCUT2D eigenvalue weighted by atomic mass is 16.5. The van der Waals surface area contributed by atoms with Gasteiger partial charge in [0.1, 0.15) is 5.92 Å². The molecule has 0 atom stereocenters. The van der Waals surface area contributed by atoms with E-state index in [4.69, 9.17) is 4.74 Å².